The largest absolute Gasteiger partial charge is 0.472 e. The van der Waals surface area contributed by atoms with Crippen LogP contribution in [0.15, 0.2) is 24.3 Å². The molecule has 0 aliphatic rings. The molecule has 0 heterocycles. The molecule has 0 saturated heterocycles. The molecule has 1 N–H and O–H groups in total. The Bertz CT molecular complexity index is 890. The van der Waals surface area contributed by atoms with Gasteiger partial charge in [0.05, 0.1) is 6.61 Å². The van der Waals surface area contributed by atoms with Crippen molar-refractivity contribution in [2.75, 3.05) is 20.3 Å². The molecule has 51 heavy (non-hydrogen) atoms. The molecule has 2 atom stereocenters. The van der Waals surface area contributed by atoms with E-state index in [-0.39, 0.29) is 25.4 Å². The Morgan fingerprint density at radius 2 is 0.882 bits per heavy atom. The van der Waals surface area contributed by atoms with Gasteiger partial charge in [0.15, 0.2) is 6.10 Å². The standard InChI is InChI=1S/C42H79O8P/c1-4-6-8-10-12-14-16-18-20-22-24-26-28-30-32-34-36-41(43)48-38-40(39-49-51(45,46)47-3)50-42(44)37-35-33-31-29-27-25-23-21-19-17-15-13-11-9-7-5-2/h20-23,40H,4-19,24-39H2,1-3H3,(H,45,46)/b22-20-,23-21-. The molecule has 0 aliphatic heterocycles. The van der Waals surface area contributed by atoms with Gasteiger partial charge in [0.1, 0.15) is 6.61 Å². The summed E-state index contributed by atoms with van der Waals surface area (Å²) in [5.74, 6) is -0.818. The van der Waals surface area contributed by atoms with Crippen molar-refractivity contribution in [1.29, 1.82) is 0 Å². The highest BCUT2D eigenvalue weighted by molar-refractivity contribution is 7.47. The third-order valence-electron chi connectivity index (χ3n) is 9.17. The lowest BCUT2D eigenvalue weighted by molar-refractivity contribution is -0.161. The van der Waals surface area contributed by atoms with E-state index in [0.29, 0.717) is 6.42 Å². The van der Waals surface area contributed by atoms with Crippen LogP contribution in [-0.2, 0) is 32.7 Å². The van der Waals surface area contributed by atoms with Crippen molar-refractivity contribution in [2.45, 2.75) is 213 Å². The van der Waals surface area contributed by atoms with Crippen LogP contribution in [0.3, 0.4) is 0 Å². The zero-order chi connectivity index (χ0) is 37.5. The molecule has 0 aromatic carbocycles. The molecule has 0 spiro atoms. The van der Waals surface area contributed by atoms with Crippen molar-refractivity contribution in [1.82, 2.24) is 0 Å². The summed E-state index contributed by atoms with van der Waals surface area (Å²) in [6, 6.07) is 0. The molecule has 300 valence electrons. The SMILES string of the molecule is CCCCCCCCC/C=C\CCCCCCCC(=O)OCC(COP(=O)(O)OC)OC(=O)CCCCCCC/C=C\CCCCCCCCC. The third kappa shape index (κ3) is 38.1. The Kier molecular flexibility index (Phi) is 37.2. The molecule has 0 radical (unpaired) electrons. The van der Waals surface area contributed by atoms with Crippen molar-refractivity contribution in [3.63, 3.8) is 0 Å². The second-order valence-corrected chi connectivity index (χ2v) is 15.7. The number of hydrogen-bond acceptors (Lipinski definition) is 7. The third-order valence-corrected chi connectivity index (χ3v) is 10.1. The van der Waals surface area contributed by atoms with Gasteiger partial charge >= 0.3 is 19.8 Å². The molecule has 0 amide bonds. The molecule has 0 aliphatic carbocycles. The van der Waals surface area contributed by atoms with Gasteiger partial charge in [-0.05, 0) is 64.2 Å². The van der Waals surface area contributed by atoms with E-state index < -0.39 is 26.5 Å². The van der Waals surface area contributed by atoms with E-state index in [1.54, 1.807) is 0 Å². The van der Waals surface area contributed by atoms with Crippen LogP contribution >= 0.6 is 7.82 Å². The molecule has 9 heteroatoms. The van der Waals surface area contributed by atoms with Crippen LogP contribution in [0.25, 0.3) is 0 Å². The van der Waals surface area contributed by atoms with Gasteiger partial charge in [0.25, 0.3) is 0 Å². The molecule has 0 fully saturated rings. The van der Waals surface area contributed by atoms with E-state index in [4.69, 9.17) is 14.0 Å². The Morgan fingerprint density at radius 1 is 0.529 bits per heavy atom. The quantitative estimate of drug-likeness (QED) is 0.0287. The highest BCUT2D eigenvalue weighted by atomic mass is 31.2. The van der Waals surface area contributed by atoms with Gasteiger partial charge in [-0.1, -0.05) is 154 Å². The molecule has 0 saturated carbocycles. The van der Waals surface area contributed by atoms with Crippen LogP contribution in [-0.4, -0.2) is 43.3 Å². The molecular formula is C42H79O8P. The summed E-state index contributed by atoms with van der Waals surface area (Å²) in [4.78, 5) is 34.4. The van der Waals surface area contributed by atoms with Crippen LogP contribution < -0.4 is 0 Å². The number of hydrogen-bond donors (Lipinski definition) is 1. The van der Waals surface area contributed by atoms with Gasteiger partial charge < -0.3 is 14.4 Å². The number of unbranched alkanes of at least 4 members (excludes halogenated alkanes) is 24. The zero-order valence-corrected chi connectivity index (χ0v) is 34.2. The fourth-order valence-electron chi connectivity index (χ4n) is 5.88. The van der Waals surface area contributed by atoms with E-state index in [1.165, 1.54) is 103 Å². The van der Waals surface area contributed by atoms with Crippen molar-refractivity contribution in [2.24, 2.45) is 0 Å². The number of ether oxygens (including phenoxy) is 2. The Balaban J connectivity index is 4.02. The van der Waals surface area contributed by atoms with Crippen molar-refractivity contribution in [3.05, 3.63) is 24.3 Å². The van der Waals surface area contributed by atoms with E-state index in [0.717, 1.165) is 77.7 Å². The van der Waals surface area contributed by atoms with Gasteiger partial charge in [-0.15, -0.1) is 0 Å². The number of allylic oxidation sites excluding steroid dienone is 4. The topological polar surface area (TPSA) is 108 Å². The molecule has 8 nitrogen and oxygen atoms in total. The number of rotatable bonds is 39. The summed E-state index contributed by atoms with van der Waals surface area (Å²) in [5, 5.41) is 0. The first-order valence-electron chi connectivity index (χ1n) is 21.0. The highest BCUT2D eigenvalue weighted by Gasteiger charge is 2.24. The predicted octanol–water partition coefficient (Wildman–Crippen LogP) is 13.1. The lowest BCUT2D eigenvalue weighted by Crippen LogP contribution is -2.29. The van der Waals surface area contributed by atoms with Crippen LogP contribution in [0, 0.1) is 0 Å². The molecular weight excluding hydrogens is 663 g/mol. The number of esters is 2. The second kappa shape index (κ2) is 38.3. The number of carbonyl (C=O) groups excluding carboxylic acids is 2. The average molecular weight is 743 g/mol. The predicted molar refractivity (Wildman–Crippen MR) is 212 cm³/mol. The summed E-state index contributed by atoms with van der Waals surface area (Å²) in [7, 11) is -3.20. The van der Waals surface area contributed by atoms with Gasteiger partial charge in [0.2, 0.25) is 0 Å². The molecule has 0 aromatic heterocycles. The lowest BCUT2D eigenvalue weighted by Gasteiger charge is -2.19. The lowest BCUT2D eigenvalue weighted by atomic mass is 10.1. The Hall–Kier alpha value is -1.47. The first-order chi connectivity index (χ1) is 24.8. The van der Waals surface area contributed by atoms with Crippen molar-refractivity contribution >= 4 is 19.8 Å². The summed E-state index contributed by atoms with van der Waals surface area (Å²) in [5.41, 5.74) is 0. The first kappa shape index (κ1) is 49.5. The summed E-state index contributed by atoms with van der Waals surface area (Å²) < 4.78 is 31.9. The van der Waals surface area contributed by atoms with Crippen LogP contribution in [0.4, 0.5) is 0 Å². The summed E-state index contributed by atoms with van der Waals surface area (Å²) >= 11 is 0. The van der Waals surface area contributed by atoms with E-state index in [2.05, 4.69) is 42.7 Å². The Morgan fingerprint density at radius 3 is 1.27 bits per heavy atom. The fraction of sp³-hybridized carbons (Fsp3) is 0.857. The fourth-order valence-corrected chi connectivity index (χ4v) is 6.34. The second-order valence-electron chi connectivity index (χ2n) is 14.1. The summed E-state index contributed by atoms with van der Waals surface area (Å²) in [6.07, 6.45) is 42.2. The number of phosphoric ester groups is 1. The van der Waals surface area contributed by atoms with Gasteiger partial charge in [-0.25, -0.2) is 4.57 Å². The van der Waals surface area contributed by atoms with Crippen LogP contribution in [0.5, 0.6) is 0 Å². The van der Waals surface area contributed by atoms with Gasteiger partial charge in [-0.3, -0.25) is 18.6 Å². The average Bonchev–Trinajstić information content (AvgIpc) is 3.12. The zero-order valence-electron chi connectivity index (χ0n) is 33.3. The summed E-state index contributed by atoms with van der Waals surface area (Å²) in [6.45, 7) is 3.88. The van der Waals surface area contributed by atoms with Crippen molar-refractivity contribution < 1.29 is 37.6 Å². The maximum Gasteiger partial charge on any atom is 0.472 e. The number of phosphoric acid groups is 1. The first-order valence-corrected chi connectivity index (χ1v) is 22.5. The van der Waals surface area contributed by atoms with Crippen molar-refractivity contribution in [3.8, 4) is 0 Å². The Labute approximate surface area is 313 Å². The van der Waals surface area contributed by atoms with Crippen LogP contribution in [0.2, 0.25) is 0 Å². The van der Waals surface area contributed by atoms with Gasteiger partial charge in [-0.2, -0.15) is 0 Å². The monoisotopic (exact) mass is 743 g/mol. The maximum atomic E-state index is 12.5. The molecule has 0 aromatic rings. The maximum absolute atomic E-state index is 12.5. The molecule has 0 rings (SSSR count). The minimum Gasteiger partial charge on any atom is -0.462 e. The van der Waals surface area contributed by atoms with Gasteiger partial charge in [0, 0.05) is 20.0 Å². The number of carbonyl (C=O) groups is 2. The molecule has 0 bridgehead atoms. The van der Waals surface area contributed by atoms with E-state index in [9.17, 15) is 19.0 Å². The minimum atomic E-state index is -4.26. The minimum absolute atomic E-state index is 0.230. The smallest absolute Gasteiger partial charge is 0.462 e. The van der Waals surface area contributed by atoms with E-state index >= 15 is 0 Å². The van der Waals surface area contributed by atoms with E-state index in [1.807, 2.05) is 0 Å². The highest BCUT2D eigenvalue weighted by Crippen LogP contribution is 2.42. The normalized spacial score (nSPS) is 13.6. The van der Waals surface area contributed by atoms with Crippen LogP contribution in [0.1, 0.15) is 206 Å². The molecule has 2 unspecified atom stereocenters.